The predicted molar refractivity (Wildman–Crippen MR) is 129 cm³/mol. The minimum absolute atomic E-state index is 0. The Hall–Kier alpha value is -2.27. The van der Waals surface area contributed by atoms with E-state index in [0.717, 1.165) is 29.2 Å². The van der Waals surface area contributed by atoms with Crippen molar-refractivity contribution in [3.05, 3.63) is 53.3 Å². The van der Waals surface area contributed by atoms with Crippen LogP contribution in [0, 0.1) is 5.82 Å². The highest BCUT2D eigenvalue weighted by atomic mass is 127. The van der Waals surface area contributed by atoms with Crippen molar-refractivity contribution in [2.24, 2.45) is 4.99 Å². The molecule has 0 spiro atoms. The second kappa shape index (κ2) is 11.4. The average molecular weight is 542 g/mol. The molecule has 1 fully saturated rings. The van der Waals surface area contributed by atoms with Crippen LogP contribution < -0.4 is 25.0 Å². The van der Waals surface area contributed by atoms with Gasteiger partial charge in [0.2, 0.25) is 6.79 Å². The summed E-state index contributed by atoms with van der Waals surface area (Å²) in [5.74, 6) is 1.98. The number of nitrogens with one attached hydrogen (secondary N) is 2. The molecule has 1 saturated heterocycles. The highest BCUT2D eigenvalue weighted by Gasteiger charge is 2.15. The molecule has 168 valence electrons. The maximum Gasteiger partial charge on any atom is 0.231 e. The van der Waals surface area contributed by atoms with Crippen LogP contribution in [0.15, 0.2) is 41.4 Å². The van der Waals surface area contributed by atoms with Crippen molar-refractivity contribution in [1.29, 1.82) is 0 Å². The van der Waals surface area contributed by atoms with E-state index in [1.807, 2.05) is 42.2 Å². The molecule has 0 unspecified atom stereocenters. The van der Waals surface area contributed by atoms with Gasteiger partial charge in [-0.1, -0.05) is 12.1 Å². The van der Waals surface area contributed by atoms with Gasteiger partial charge in [0.05, 0.1) is 25.4 Å². The number of morpholine rings is 1. The highest BCUT2D eigenvalue weighted by Crippen LogP contribution is 2.32. The number of guanidine groups is 1. The van der Waals surface area contributed by atoms with Crippen LogP contribution in [0.5, 0.6) is 11.5 Å². The molecule has 9 heteroatoms. The first-order chi connectivity index (χ1) is 14.7. The van der Waals surface area contributed by atoms with E-state index in [-0.39, 0.29) is 36.6 Å². The first-order valence-corrected chi connectivity index (χ1v) is 10.2. The van der Waals surface area contributed by atoms with Crippen molar-refractivity contribution in [3.8, 4) is 11.5 Å². The summed E-state index contributed by atoms with van der Waals surface area (Å²) < 4.78 is 30.7. The topological polar surface area (TPSA) is 67.4 Å². The van der Waals surface area contributed by atoms with E-state index >= 15 is 0 Å². The first kappa shape index (κ1) is 23.4. The molecule has 4 rings (SSSR count). The second-order valence-electron chi connectivity index (χ2n) is 7.12. The number of halogens is 2. The highest BCUT2D eigenvalue weighted by molar-refractivity contribution is 14.0. The van der Waals surface area contributed by atoms with E-state index in [1.165, 1.54) is 0 Å². The van der Waals surface area contributed by atoms with Crippen LogP contribution in [0.25, 0.3) is 0 Å². The third kappa shape index (κ3) is 6.13. The Labute approximate surface area is 199 Å². The molecule has 0 bridgehead atoms. The molecule has 2 aliphatic rings. The SMILES string of the molecule is CCNC(=NCc1ccc(N2CCOCC2)c(F)c1)NCc1ccc2c(c1)OCO2.I. The van der Waals surface area contributed by atoms with E-state index in [1.54, 1.807) is 6.07 Å². The molecular weight excluding hydrogens is 514 g/mol. The van der Waals surface area contributed by atoms with Gasteiger partial charge in [-0.3, -0.25) is 0 Å². The number of nitrogens with zero attached hydrogens (tertiary/aromatic N) is 2. The molecule has 0 amide bonds. The van der Waals surface area contributed by atoms with Crippen LogP contribution in [0.3, 0.4) is 0 Å². The summed E-state index contributed by atoms with van der Waals surface area (Å²) in [6.45, 7) is 6.66. The van der Waals surface area contributed by atoms with Crippen LogP contribution in [0.2, 0.25) is 0 Å². The lowest BCUT2D eigenvalue weighted by Gasteiger charge is -2.29. The normalized spacial score (nSPS) is 15.4. The third-order valence-electron chi connectivity index (χ3n) is 5.02. The van der Waals surface area contributed by atoms with Crippen molar-refractivity contribution in [2.75, 3.05) is 44.5 Å². The number of hydrogen-bond donors (Lipinski definition) is 2. The van der Waals surface area contributed by atoms with Crippen molar-refractivity contribution in [2.45, 2.75) is 20.0 Å². The standard InChI is InChI=1S/C22H27FN4O3.HI/c1-2-24-22(26-14-17-4-6-20-21(12-17)30-15-29-20)25-13-16-3-5-19(18(23)11-16)27-7-9-28-10-8-27;/h3-6,11-12H,2,7-10,13-15H2,1H3,(H2,24,25,26);1H. The molecule has 2 aliphatic heterocycles. The zero-order valence-corrected chi connectivity index (χ0v) is 19.9. The number of fused-ring (bicyclic) bond motifs is 1. The fraction of sp³-hybridized carbons (Fsp3) is 0.409. The summed E-state index contributed by atoms with van der Waals surface area (Å²) in [6.07, 6.45) is 0. The molecule has 0 aromatic heterocycles. The largest absolute Gasteiger partial charge is 0.454 e. The molecule has 31 heavy (non-hydrogen) atoms. The van der Waals surface area contributed by atoms with E-state index in [4.69, 9.17) is 14.2 Å². The Balaban J connectivity index is 0.00000272. The fourth-order valence-corrected chi connectivity index (χ4v) is 3.46. The van der Waals surface area contributed by atoms with Crippen LogP contribution >= 0.6 is 24.0 Å². The molecule has 2 aromatic carbocycles. The number of anilines is 1. The van der Waals surface area contributed by atoms with Crippen molar-refractivity contribution in [3.63, 3.8) is 0 Å². The fourth-order valence-electron chi connectivity index (χ4n) is 3.46. The average Bonchev–Trinajstić information content (AvgIpc) is 3.24. The molecule has 0 atom stereocenters. The molecular formula is C22H28FIN4O3. The van der Waals surface area contributed by atoms with Gasteiger partial charge in [-0.15, -0.1) is 24.0 Å². The number of rotatable bonds is 6. The van der Waals surface area contributed by atoms with Gasteiger partial charge >= 0.3 is 0 Å². The lowest BCUT2D eigenvalue weighted by Crippen LogP contribution is -2.37. The Morgan fingerprint density at radius 1 is 1.03 bits per heavy atom. The van der Waals surface area contributed by atoms with Gasteiger partial charge in [-0.05, 0) is 42.3 Å². The minimum atomic E-state index is -0.220. The molecule has 0 saturated carbocycles. The monoisotopic (exact) mass is 542 g/mol. The third-order valence-corrected chi connectivity index (χ3v) is 5.02. The number of hydrogen-bond acceptors (Lipinski definition) is 5. The van der Waals surface area contributed by atoms with Crippen LogP contribution in [-0.2, 0) is 17.8 Å². The number of aliphatic imine (C=N–C) groups is 1. The quantitative estimate of drug-likeness (QED) is 0.332. The van der Waals surface area contributed by atoms with Gasteiger partial charge in [-0.25, -0.2) is 9.38 Å². The summed E-state index contributed by atoms with van der Waals surface area (Å²) in [5.41, 5.74) is 2.51. The van der Waals surface area contributed by atoms with Crippen LogP contribution in [0.1, 0.15) is 18.1 Å². The van der Waals surface area contributed by atoms with Crippen molar-refractivity contribution < 1.29 is 18.6 Å². The van der Waals surface area contributed by atoms with Crippen molar-refractivity contribution >= 4 is 35.6 Å². The smallest absolute Gasteiger partial charge is 0.231 e. The van der Waals surface area contributed by atoms with Gasteiger partial charge in [0, 0.05) is 26.2 Å². The van der Waals surface area contributed by atoms with Crippen LogP contribution in [0.4, 0.5) is 10.1 Å². The summed E-state index contributed by atoms with van der Waals surface area (Å²) in [5, 5.41) is 6.52. The first-order valence-electron chi connectivity index (χ1n) is 10.2. The second-order valence-corrected chi connectivity index (χ2v) is 7.12. The van der Waals surface area contributed by atoms with Gasteiger partial charge in [-0.2, -0.15) is 0 Å². The lowest BCUT2D eigenvalue weighted by molar-refractivity contribution is 0.122. The van der Waals surface area contributed by atoms with E-state index in [0.29, 0.717) is 51.0 Å². The maximum absolute atomic E-state index is 14.6. The van der Waals surface area contributed by atoms with E-state index in [2.05, 4.69) is 15.6 Å². The van der Waals surface area contributed by atoms with Gasteiger partial charge in [0.15, 0.2) is 17.5 Å². The Kier molecular flexibility index (Phi) is 8.59. The van der Waals surface area contributed by atoms with E-state index in [9.17, 15) is 4.39 Å². The minimum Gasteiger partial charge on any atom is -0.454 e. The maximum atomic E-state index is 14.6. The summed E-state index contributed by atoms with van der Waals surface area (Å²) in [4.78, 5) is 6.61. The molecule has 2 heterocycles. The molecule has 0 aliphatic carbocycles. The van der Waals surface area contributed by atoms with Crippen molar-refractivity contribution in [1.82, 2.24) is 10.6 Å². The van der Waals surface area contributed by atoms with Gasteiger partial charge in [0.25, 0.3) is 0 Å². The van der Waals surface area contributed by atoms with Crippen LogP contribution in [-0.4, -0.2) is 45.6 Å². The Bertz CT molecular complexity index is 906. The Morgan fingerprint density at radius 2 is 1.81 bits per heavy atom. The molecule has 2 N–H and O–H groups in total. The molecule has 2 aromatic rings. The zero-order chi connectivity index (χ0) is 20.8. The predicted octanol–water partition coefficient (Wildman–Crippen LogP) is 3.26. The molecule has 0 radical (unpaired) electrons. The summed E-state index contributed by atoms with van der Waals surface area (Å²) >= 11 is 0. The summed E-state index contributed by atoms with van der Waals surface area (Å²) in [7, 11) is 0. The molecule has 7 nitrogen and oxygen atoms in total. The lowest BCUT2D eigenvalue weighted by atomic mass is 10.1. The van der Waals surface area contributed by atoms with E-state index < -0.39 is 0 Å². The number of ether oxygens (including phenoxy) is 3. The van der Waals surface area contributed by atoms with Gasteiger partial charge < -0.3 is 29.7 Å². The summed E-state index contributed by atoms with van der Waals surface area (Å²) in [6, 6.07) is 11.2. The zero-order valence-electron chi connectivity index (χ0n) is 17.5. The Morgan fingerprint density at radius 3 is 2.58 bits per heavy atom. The number of benzene rings is 2. The van der Waals surface area contributed by atoms with Gasteiger partial charge in [0.1, 0.15) is 5.82 Å².